The van der Waals surface area contributed by atoms with Crippen LogP contribution in [0.1, 0.15) is 27.6 Å². The van der Waals surface area contributed by atoms with Crippen LogP contribution in [0.15, 0.2) is 30.3 Å². The number of rotatable bonds is 1. The average molecular weight is 387 g/mol. The second kappa shape index (κ2) is 7.68. The molecule has 0 unspecified atom stereocenters. The molecule has 0 amide bonds. The molecular weight excluding hydrogens is 378 g/mol. The number of pyridine rings is 2. The maximum absolute atomic E-state index is 12.0. The number of aromatic carboxylic acids is 1. The molecule has 4 nitrogen and oxygen atoms in total. The first kappa shape index (κ1) is 20.7. The zero-order valence-electron chi connectivity index (χ0n) is 12.3. The molecule has 0 bridgehead atoms. The van der Waals surface area contributed by atoms with Gasteiger partial charge in [0.05, 0.1) is 0 Å². The van der Waals surface area contributed by atoms with Crippen LogP contribution in [0.4, 0.5) is 26.3 Å². The lowest BCUT2D eigenvalue weighted by Crippen LogP contribution is -2.11. The Morgan fingerprint density at radius 1 is 1.00 bits per heavy atom. The third-order valence-electron chi connectivity index (χ3n) is 2.47. The molecule has 1 N–H and O–H groups in total. The molecule has 2 aromatic rings. The van der Waals surface area contributed by atoms with E-state index in [0.29, 0.717) is 6.07 Å². The molecule has 0 radical (unpaired) electrons. The van der Waals surface area contributed by atoms with Crippen molar-refractivity contribution < 1.29 is 36.2 Å². The van der Waals surface area contributed by atoms with Gasteiger partial charge in [0.1, 0.15) is 17.1 Å². The first-order chi connectivity index (χ1) is 11.3. The van der Waals surface area contributed by atoms with Crippen molar-refractivity contribution in [3.63, 3.8) is 0 Å². The maximum atomic E-state index is 12.0. The van der Waals surface area contributed by atoms with Gasteiger partial charge in [0.2, 0.25) is 0 Å². The fraction of sp³-hybridized carbons (Fsp3) is 0.214. The van der Waals surface area contributed by atoms with Gasteiger partial charge in [-0.1, -0.05) is 17.7 Å². The Balaban J connectivity index is 0.000000251. The molecule has 136 valence electrons. The van der Waals surface area contributed by atoms with E-state index in [2.05, 4.69) is 9.97 Å². The number of hydrogen-bond donors (Lipinski definition) is 1. The molecule has 0 fully saturated rings. The van der Waals surface area contributed by atoms with Crippen molar-refractivity contribution in [3.05, 3.63) is 58.1 Å². The van der Waals surface area contributed by atoms with Gasteiger partial charge in [-0.3, -0.25) is 0 Å². The van der Waals surface area contributed by atoms with Gasteiger partial charge in [0, 0.05) is 10.7 Å². The van der Waals surface area contributed by atoms with Crippen molar-refractivity contribution in [1.82, 2.24) is 9.97 Å². The first-order valence-corrected chi connectivity index (χ1v) is 6.67. The van der Waals surface area contributed by atoms with Gasteiger partial charge in [-0.05, 0) is 31.2 Å². The van der Waals surface area contributed by atoms with Gasteiger partial charge in [0.15, 0.2) is 0 Å². The molecule has 0 atom stereocenters. The van der Waals surface area contributed by atoms with Gasteiger partial charge in [-0.25, -0.2) is 14.8 Å². The molecular formula is C14H9ClF6N2O2. The minimum Gasteiger partial charge on any atom is -0.477 e. The summed E-state index contributed by atoms with van der Waals surface area (Å²) in [7, 11) is 0. The lowest BCUT2D eigenvalue weighted by molar-refractivity contribution is -0.142. The summed E-state index contributed by atoms with van der Waals surface area (Å²) in [6.45, 7) is 1.46. The van der Waals surface area contributed by atoms with E-state index in [9.17, 15) is 31.1 Å². The number of nitrogens with zero attached hydrogens (tertiary/aromatic N) is 2. The number of carboxylic acids is 1. The molecule has 25 heavy (non-hydrogen) atoms. The quantitative estimate of drug-likeness (QED) is 0.711. The van der Waals surface area contributed by atoms with Crippen LogP contribution in [0.25, 0.3) is 0 Å². The number of alkyl halides is 6. The van der Waals surface area contributed by atoms with Crippen LogP contribution in [-0.4, -0.2) is 21.0 Å². The summed E-state index contributed by atoms with van der Waals surface area (Å²) in [5.74, 6) is -1.48. The minimum atomic E-state index is -4.61. The van der Waals surface area contributed by atoms with Crippen molar-refractivity contribution in [3.8, 4) is 0 Å². The highest BCUT2D eigenvalue weighted by Crippen LogP contribution is 2.29. The number of aromatic nitrogens is 2. The summed E-state index contributed by atoms with van der Waals surface area (Å²) in [6.07, 6.45) is -9.03. The normalized spacial score (nSPS) is 11.5. The zero-order chi connectivity index (χ0) is 19.4. The van der Waals surface area contributed by atoms with E-state index in [1.54, 1.807) is 0 Å². The molecule has 2 rings (SSSR count). The van der Waals surface area contributed by atoms with Crippen molar-refractivity contribution in [2.75, 3.05) is 0 Å². The SMILES string of the molecule is Cc1cc(Cl)cc(C(F)(F)F)n1.O=C(O)c1cccc(C(F)(F)F)n1. The third kappa shape index (κ3) is 6.57. The highest BCUT2D eigenvalue weighted by atomic mass is 35.5. The van der Waals surface area contributed by atoms with Crippen molar-refractivity contribution in [1.29, 1.82) is 0 Å². The fourth-order valence-corrected chi connectivity index (χ4v) is 1.74. The summed E-state index contributed by atoms with van der Waals surface area (Å²) in [5, 5.41) is 8.40. The Kier molecular flexibility index (Phi) is 6.36. The number of hydrogen-bond acceptors (Lipinski definition) is 3. The number of halogens is 7. The number of aryl methyl sites for hydroxylation is 1. The Morgan fingerprint density at radius 2 is 1.56 bits per heavy atom. The molecule has 0 aliphatic heterocycles. The van der Waals surface area contributed by atoms with Crippen LogP contribution in [-0.2, 0) is 12.4 Å². The van der Waals surface area contributed by atoms with Crippen LogP contribution in [0.2, 0.25) is 5.02 Å². The highest BCUT2D eigenvalue weighted by molar-refractivity contribution is 6.30. The molecule has 11 heteroatoms. The van der Waals surface area contributed by atoms with Gasteiger partial charge >= 0.3 is 18.3 Å². The second-order valence-corrected chi connectivity index (χ2v) is 4.96. The molecule has 0 saturated carbocycles. The van der Waals surface area contributed by atoms with E-state index in [-0.39, 0.29) is 10.7 Å². The molecule has 2 heterocycles. The molecule has 0 aliphatic rings. The van der Waals surface area contributed by atoms with Gasteiger partial charge in [-0.2, -0.15) is 26.3 Å². The summed E-state index contributed by atoms with van der Waals surface area (Å²) in [5.41, 5.74) is -2.51. The predicted octanol–water partition coefficient (Wildman–Crippen LogP) is 4.86. The number of carboxylic acid groups (broad SMARTS) is 1. The maximum Gasteiger partial charge on any atom is 0.433 e. The van der Waals surface area contributed by atoms with Crippen LogP contribution in [0.5, 0.6) is 0 Å². The Hall–Kier alpha value is -2.36. The molecule has 0 spiro atoms. The summed E-state index contributed by atoms with van der Waals surface area (Å²) in [6, 6.07) is 4.88. The largest absolute Gasteiger partial charge is 0.477 e. The molecule has 2 aromatic heterocycles. The Morgan fingerprint density at radius 3 is 2.00 bits per heavy atom. The second-order valence-electron chi connectivity index (χ2n) is 4.52. The van der Waals surface area contributed by atoms with Crippen LogP contribution in [0.3, 0.4) is 0 Å². The van der Waals surface area contributed by atoms with Gasteiger partial charge < -0.3 is 5.11 Å². The third-order valence-corrected chi connectivity index (χ3v) is 2.69. The van der Waals surface area contributed by atoms with Crippen LogP contribution < -0.4 is 0 Å². The minimum absolute atomic E-state index is 0.0508. The lowest BCUT2D eigenvalue weighted by atomic mass is 10.3. The van der Waals surface area contributed by atoms with E-state index in [1.165, 1.54) is 13.0 Å². The number of carbonyl (C=O) groups is 1. The van der Waals surface area contributed by atoms with E-state index < -0.39 is 35.4 Å². The van der Waals surface area contributed by atoms with Gasteiger partial charge in [-0.15, -0.1) is 0 Å². The first-order valence-electron chi connectivity index (χ1n) is 6.29. The van der Waals surface area contributed by atoms with Crippen LogP contribution in [0, 0.1) is 6.92 Å². The monoisotopic (exact) mass is 386 g/mol. The summed E-state index contributed by atoms with van der Waals surface area (Å²) < 4.78 is 72.0. The van der Waals surface area contributed by atoms with Crippen molar-refractivity contribution in [2.24, 2.45) is 0 Å². The summed E-state index contributed by atoms with van der Waals surface area (Å²) in [4.78, 5) is 16.5. The zero-order valence-corrected chi connectivity index (χ0v) is 13.0. The topological polar surface area (TPSA) is 63.1 Å². The average Bonchev–Trinajstić information content (AvgIpc) is 2.45. The molecule has 0 saturated heterocycles. The summed E-state index contributed by atoms with van der Waals surface area (Å²) >= 11 is 5.42. The van der Waals surface area contributed by atoms with E-state index >= 15 is 0 Å². The highest BCUT2D eigenvalue weighted by Gasteiger charge is 2.33. The van der Waals surface area contributed by atoms with E-state index in [1.807, 2.05) is 0 Å². The van der Waals surface area contributed by atoms with Crippen LogP contribution >= 0.6 is 11.6 Å². The van der Waals surface area contributed by atoms with E-state index in [4.69, 9.17) is 16.7 Å². The van der Waals surface area contributed by atoms with Crippen molar-refractivity contribution >= 4 is 17.6 Å². The Bertz CT molecular complexity index is 741. The predicted molar refractivity (Wildman–Crippen MR) is 75.2 cm³/mol. The van der Waals surface area contributed by atoms with E-state index in [0.717, 1.165) is 18.2 Å². The molecule has 0 aliphatic carbocycles. The standard InChI is InChI=1S/C7H5ClF3N.C7H4F3NO2/c1-4-2-5(8)3-6(12-4)7(9,10)11;8-7(9,10)5-3-1-2-4(11-5)6(12)13/h2-3H,1H3;1-3H,(H,12,13). The Labute approximate surface area is 142 Å². The fourth-order valence-electron chi connectivity index (χ4n) is 1.48. The van der Waals surface area contributed by atoms with Gasteiger partial charge in [0.25, 0.3) is 0 Å². The smallest absolute Gasteiger partial charge is 0.433 e. The lowest BCUT2D eigenvalue weighted by Gasteiger charge is -2.06. The van der Waals surface area contributed by atoms with Crippen molar-refractivity contribution in [2.45, 2.75) is 19.3 Å². The molecule has 0 aromatic carbocycles.